The molecule has 0 spiro atoms. The summed E-state index contributed by atoms with van der Waals surface area (Å²) in [7, 11) is 0. The number of nitrogens with zero attached hydrogens (tertiary/aromatic N) is 2. The zero-order valence-corrected chi connectivity index (χ0v) is 14.8. The number of esters is 1. The van der Waals surface area contributed by atoms with Gasteiger partial charge < -0.3 is 20.1 Å². The Hall–Kier alpha value is -3.23. The molecule has 1 aromatic carbocycles. The Morgan fingerprint density at radius 2 is 2.11 bits per heavy atom. The first-order valence-corrected chi connectivity index (χ1v) is 8.86. The Morgan fingerprint density at radius 1 is 1.32 bits per heavy atom. The lowest BCUT2D eigenvalue weighted by atomic mass is 9.86. The molecule has 2 atom stereocenters. The number of aliphatic hydroxyl groups is 2. The molecule has 0 saturated heterocycles. The van der Waals surface area contributed by atoms with Crippen molar-refractivity contribution in [1.82, 2.24) is 9.55 Å². The molecule has 0 fully saturated rings. The Morgan fingerprint density at radius 3 is 2.86 bits per heavy atom. The SMILES string of the molecule is CC[C@@]1(O)C(=O)OCc2c1cc1n(c2=O)C(O)c2cc3c(O)cccc3nc2-1. The van der Waals surface area contributed by atoms with E-state index < -0.39 is 23.4 Å². The lowest BCUT2D eigenvalue weighted by molar-refractivity contribution is -0.172. The quantitative estimate of drug-likeness (QED) is 0.544. The minimum absolute atomic E-state index is 0.0157. The van der Waals surface area contributed by atoms with Crippen LogP contribution in [0.3, 0.4) is 0 Å². The van der Waals surface area contributed by atoms with Crippen LogP contribution in [0.4, 0.5) is 0 Å². The van der Waals surface area contributed by atoms with Gasteiger partial charge in [0.15, 0.2) is 11.8 Å². The van der Waals surface area contributed by atoms with Gasteiger partial charge in [-0.05, 0) is 30.7 Å². The van der Waals surface area contributed by atoms with Crippen LogP contribution in [0.2, 0.25) is 0 Å². The molecule has 0 amide bonds. The molecule has 2 aliphatic heterocycles. The van der Waals surface area contributed by atoms with Crippen LogP contribution in [0.25, 0.3) is 22.3 Å². The highest BCUT2D eigenvalue weighted by Crippen LogP contribution is 2.42. The molecule has 3 N–H and O–H groups in total. The van der Waals surface area contributed by atoms with Crippen molar-refractivity contribution in [2.45, 2.75) is 31.8 Å². The van der Waals surface area contributed by atoms with Crippen LogP contribution in [0.5, 0.6) is 5.75 Å². The molecule has 28 heavy (non-hydrogen) atoms. The highest BCUT2D eigenvalue weighted by Gasteiger charge is 2.46. The second kappa shape index (κ2) is 5.40. The van der Waals surface area contributed by atoms with E-state index in [1.165, 1.54) is 16.7 Å². The van der Waals surface area contributed by atoms with E-state index >= 15 is 0 Å². The van der Waals surface area contributed by atoms with Crippen molar-refractivity contribution in [1.29, 1.82) is 0 Å². The average Bonchev–Trinajstić information content (AvgIpc) is 2.96. The second-order valence-corrected chi connectivity index (χ2v) is 7.03. The van der Waals surface area contributed by atoms with Crippen molar-refractivity contribution >= 4 is 16.9 Å². The van der Waals surface area contributed by atoms with Gasteiger partial charge in [0, 0.05) is 16.5 Å². The van der Waals surface area contributed by atoms with Gasteiger partial charge in [-0.15, -0.1) is 0 Å². The molecule has 0 radical (unpaired) electrons. The number of fused-ring (bicyclic) bond motifs is 5. The van der Waals surface area contributed by atoms with Gasteiger partial charge in [0.05, 0.1) is 22.5 Å². The molecule has 0 aliphatic carbocycles. The van der Waals surface area contributed by atoms with Gasteiger partial charge in [-0.2, -0.15) is 0 Å². The first-order chi connectivity index (χ1) is 13.4. The first kappa shape index (κ1) is 16.9. The summed E-state index contributed by atoms with van der Waals surface area (Å²) in [6.45, 7) is 1.35. The third-order valence-corrected chi connectivity index (χ3v) is 5.62. The van der Waals surface area contributed by atoms with Crippen LogP contribution in [0.15, 0.2) is 35.1 Å². The maximum atomic E-state index is 13.1. The molecule has 0 bridgehead atoms. The summed E-state index contributed by atoms with van der Waals surface area (Å²) in [4.78, 5) is 29.8. The first-order valence-electron chi connectivity index (χ1n) is 8.86. The maximum absolute atomic E-state index is 13.1. The van der Waals surface area contributed by atoms with E-state index in [0.717, 1.165) is 0 Å². The van der Waals surface area contributed by atoms with Gasteiger partial charge in [0.2, 0.25) is 0 Å². The molecular formula is C20H16N2O6. The van der Waals surface area contributed by atoms with E-state index in [2.05, 4.69) is 4.98 Å². The van der Waals surface area contributed by atoms with Gasteiger partial charge in [-0.3, -0.25) is 9.36 Å². The monoisotopic (exact) mass is 380 g/mol. The van der Waals surface area contributed by atoms with Crippen molar-refractivity contribution in [2.75, 3.05) is 0 Å². The van der Waals surface area contributed by atoms with Crippen LogP contribution in [-0.2, 0) is 21.7 Å². The molecule has 2 aromatic heterocycles. The normalized spacial score (nSPS) is 22.5. The van der Waals surface area contributed by atoms with E-state index in [1.807, 2.05) is 0 Å². The number of aromatic nitrogens is 2. The van der Waals surface area contributed by atoms with Crippen molar-refractivity contribution in [3.05, 3.63) is 57.4 Å². The van der Waals surface area contributed by atoms with E-state index in [9.17, 15) is 24.9 Å². The molecular weight excluding hydrogens is 364 g/mol. The number of carbonyl (C=O) groups excluding carboxylic acids is 1. The van der Waals surface area contributed by atoms with Crippen molar-refractivity contribution in [2.24, 2.45) is 0 Å². The van der Waals surface area contributed by atoms with Crippen LogP contribution in [0.1, 0.15) is 36.3 Å². The zero-order valence-electron chi connectivity index (χ0n) is 14.8. The van der Waals surface area contributed by atoms with Gasteiger partial charge in [0.25, 0.3) is 5.56 Å². The van der Waals surface area contributed by atoms with Gasteiger partial charge in [-0.1, -0.05) is 13.0 Å². The van der Waals surface area contributed by atoms with E-state index in [-0.39, 0.29) is 29.9 Å². The number of rotatable bonds is 1. The Balaban J connectivity index is 1.85. The second-order valence-electron chi connectivity index (χ2n) is 7.03. The molecule has 142 valence electrons. The fourth-order valence-electron chi connectivity index (χ4n) is 4.04. The summed E-state index contributed by atoms with van der Waals surface area (Å²) < 4.78 is 6.18. The zero-order chi connectivity index (χ0) is 19.8. The number of hydrogen-bond acceptors (Lipinski definition) is 7. The van der Waals surface area contributed by atoms with E-state index in [1.54, 1.807) is 25.1 Å². The molecule has 2 aliphatic rings. The number of phenols is 1. The predicted molar refractivity (Wildman–Crippen MR) is 97.4 cm³/mol. The Kier molecular flexibility index (Phi) is 3.26. The number of carbonyl (C=O) groups is 1. The van der Waals surface area contributed by atoms with Crippen LogP contribution < -0.4 is 5.56 Å². The summed E-state index contributed by atoms with van der Waals surface area (Å²) in [5, 5.41) is 32.2. The number of phenolic OH excluding ortho intramolecular Hbond substituents is 1. The smallest absolute Gasteiger partial charge is 0.343 e. The fourth-order valence-corrected chi connectivity index (χ4v) is 4.04. The largest absolute Gasteiger partial charge is 0.507 e. The molecule has 0 saturated carbocycles. The summed E-state index contributed by atoms with van der Waals surface area (Å²) in [6, 6.07) is 7.99. The Labute approximate surface area is 158 Å². The molecule has 8 heteroatoms. The predicted octanol–water partition coefficient (Wildman–Crippen LogP) is 1.28. The van der Waals surface area contributed by atoms with Crippen molar-refractivity contribution in [3.63, 3.8) is 0 Å². The third kappa shape index (κ3) is 1.93. The highest BCUT2D eigenvalue weighted by atomic mass is 16.6. The number of pyridine rings is 2. The van der Waals surface area contributed by atoms with Crippen molar-refractivity contribution in [3.8, 4) is 17.1 Å². The molecule has 5 rings (SSSR count). The lowest BCUT2D eigenvalue weighted by Crippen LogP contribution is -2.44. The minimum atomic E-state index is -1.93. The highest BCUT2D eigenvalue weighted by molar-refractivity contribution is 5.89. The standard InChI is InChI=1S/C20H16N2O6/c1-2-20(27)12-7-14-16-10(6-9-13(21-16)4-3-5-15(9)23)17(24)22(14)18(25)11(12)8-28-19(20)26/h3-7,17,23-24,27H,2,8H2,1H3/t17?,20-/m0/s1. The molecule has 4 heterocycles. The average molecular weight is 380 g/mol. The maximum Gasteiger partial charge on any atom is 0.343 e. The number of hydrogen-bond donors (Lipinski definition) is 3. The topological polar surface area (TPSA) is 122 Å². The fraction of sp³-hybridized carbons (Fsp3) is 0.250. The van der Waals surface area contributed by atoms with Crippen molar-refractivity contribution < 1.29 is 24.9 Å². The van der Waals surface area contributed by atoms with Crippen LogP contribution in [-0.4, -0.2) is 30.8 Å². The number of aliphatic hydroxyl groups excluding tert-OH is 1. The molecule has 1 unspecified atom stereocenters. The molecule has 3 aromatic rings. The third-order valence-electron chi connectivity index (χ3n) is 5.62. The number of cyclic esters (lactones) is 1. The van der Waals surface area contributed by atoms with E-state index in [0.29, 0.717) is 27.9 Å². The summed E-state index contributed by atoms with van der Waals surface area (Å²) in [5.74, 6) is -0.788. The lowest BCUT2D eigenvalue weighted by Gasteiger charge is -2.31. The van der Waals surface area contributed by atoms with Gasteiger partial charge >= 0.3 is 5.97 Å². The summed E-state index contributed by atoms with van der Waals surface area (Å²) >= 11 is 0. The Bertz CT molecular complexity index is 1250. The summed E-state index contributed by atoms with van der Waals surface area (Å²) in [5.41, 5.74) is -0.639. The van der Waals surface area contributed by atoms with Gasteiger partial charge in [0.1, 0.15) is 12.4 Å². The van der Waals surface area contributed by atoms with Crippen LogP contribution in [0, 0.1) is 0 Å². The van der Waals surface area contributed by atoms with E-state index in [4.69, 9.17) is 4.74 Å². The molecule has 8 nitrogen and oxygen atoms in total. The summed E-state index contributed by atoms with van der Waals surface area (Å²) in [6.07, 6.45) is -1.26. The number of ether oxygens (including phenoxy) is 1. The van der Waals surface area contributed by atoms with Crippen LogP contribution >= 0.6 is 0 Å². The number of benzene rings is 1. The minimum Gasteiger partial charge on any atom is -0.507 e. The van der Waals surface area contributed by atoms with Gasteiger partial charge in [-0.25, -0.2) is 9.78 Å². The number of aromatic hydroxyl groups is 1.